The van der Waals surface area contributed by atoms with Gasteiger partial charge in [0, 0.05) is 6.26 Å². The summed E-state index contributed by atoms with van der Waals surface area (Å²) in [4.78, 5) is 4.14. The first-order chi connectivity index (χ1) is 9.55. The maximum atomic E-state index is 11.6. The number of hydrogen-bond acceptors (Lipinski definition) is 7. The van der Waals surface area contributed by atoms with Crippen molar-refractivity contribution in [1.82, 2.24) is 19.6 Å². The first kappa shape index (κ1) is 12.6. The van der Waals surface area contributed by atoms with E-state index in [4.69, 9.17) is 4.42 Å². The van der Waals surface area contributed by atoms with E-state index in [1.54, 1.807) is 12.3 Å². The van der Waals surface area contributed by atoms with Gasteiger partial charge in [-0.1, -0.05) is 0 Å². The number of nitrogens with one attached hydrogen (secondary N) is 1. The number of anilines is 1. The normalized spacial score (nSPS) is 11.8. The second-order valence-electron chi connectivity index (χ2n) is 4.18. The first-order valence-electron chi connectivity index (χ1n) is 5.71. The maximum Gasteiger partial charge on any atom is 0.210 e. The maximum absolute atomic E-state index is 11.6. The molecule has 3 rings (SSSR count). The molecule has 0 spiro atoms. The second kappa shape index (κ2) is 4.60. The Morgan fingerprint density at radius 2 is 2.30 bits per heavy atom. The SMILES string of the molecule is CS(=O)(=O)c1cnc(NCc2ccco2)n2cnnc12. The molecular weight excluding hydrogens is 282 g/mol. The van der Waals surface area contributed by atoms with Gasteiger partial charge in [-0.3, -0.25) is 0 Å². The van der Waals surface area contributed by atoms with Crippen molar-refractivity contribution < 1.29 is 12.8 Å². The van der Waals surface area contributed by atoms with Gasteiger partial charge in [0.1, 0.15) is 17.0 Å². The minimum absolute atomic E-state index is 0.0403. The van der Waals surface area contributed by atoms with Gasteiger partial charge >= 0.3 is 0 Å². The van der Waals surface area contributed by atoms with Gasteiger partial charge in [0.15, 0.2) is 15.5 Å². The topological polar surface area (TPSA) is 102 Å². The minimum atomic E-state index is -3.41. The standard InChI is InChI=1S/C11H11N5O3S/c1-20(17,18)9-6-13-11(16-7-14-15-10(9)16)12-5-8-3-2-4-19-8/h2-4,6-7H,5H2,1H3,(H,12,13). The molecule has 0 saturated carbocycles. The largest absolute Gasteiger partial charge is 0.467 e. The number of aromatic nitrogens is 4. The van der Waals surface area contributed by atoms with Crippen LogP contribution in [0, 0.1) is 0 Å². The number of sulfone groups is 1. The van der Waals surface area contributed by atoms with Gasteiger partial charge in [-0.05, 0) is 12.1 Å². The van der Waals surface area contributed by atoms with E-state index >= 15 is 0 Å². The summed E-state index contributed by atoms with van der Waals surface area (Å²) < 4.78 is 30.0. The molecule has 0 aliphatic carbocycles. The zero-order valence-corrected chi connectivity index (χ0v) is 11.3. The average molecular weight is 293 g/mol. The molecular formula is C11H11N5O3S. The molecule has 0 unspecified atom stereocenters. The fourth-order valence-electron chi connectivity index (χ4n) is 1.77. The third-order valence-electron chi connectivity index (χ3n) is 2.70. The Hall–Kier alpha value is -2.42. The summed E-state index contributed by atoms with van der Waals surface area (Å²) in [6, 6.07) is 3.60. The highest BCUT2D eigenvalue weighted by Crippen LogP contribution is 2.17. The summed E-state index contributed by atoms with van der Waals surface area (Å²) in [5, 5.41) is 10.6. The highest BCUT2D eigenvalue weighted by Gasteiger charge is 2.17. The lowest BCUT2D eigenvalue weighted by Crippen LogP contribution is -2.09. The number of furan rings is 1. The van der Waals surface area contributed by atoms with E-state index in [2.05, 4.69) is 20.5 Å². The Morgan fingerprint density at radius 1 is 1.45 bits per heavy atom. The Morgan fingerprint density at radius 3 is 3.00 bits per heavy atom. The highest BCUT2D eigenvalue weighted by atomic mass is 32.2. The fraction of sp³-hybridized carbons (Fsp3) is 0.182. The van der Waals surface area contributed by atoms with E-state index < -0.39 is 9.84 Å². The van der Waals surface area contributed by atoms with Gasteiger partial charge in [0.05, 0.1) is 19.0 Å². The first-order valence-corrected chi connectivity index (χ1v) is 7.60. The van der Waals surface area contributed by atoms with Crippen molar-refractivity contribution in [2.45, 2.75) is 11.4 Å². The molecule has 0 aromatic carbocycles. The number of hydrogen-bond donors (Lipinski definition) is 1. The summed E-state index contributed by atoms with van der Waals surface area (Å²) >= 11 is 0. The van der Waals surface area contributed by atoms with Crippen molar-refractivity contribution in [2.75, 3.05) is 11.6 Å². The predicted octanol–water partition coefficient (Wildman–Crippen LogP) is 0.733. The number of fused-ring (bicyclic) bond motifs is 1. The van der Waals surface area contributed by atoms with Gasteiger partial charge in [0.25, 0.3) is 0 Å². The van der Waals surface area contributed by atoms with Crippen LogP contribution >= 0.6 is 0 Å². The van der Waals surface area contributed by atoms with Crippen LogP contribution < -0.4 is 5.32 Å². The summed E-state index contributed by atoms with van der Waals surface area (Å²) in [6.45, 7) is 0.422. The van der Waals surface area contributed by atoms with E-state index in [-0.39, 0.29) is 10.5 Å². The van der Waals surface area contributed by atoms with Crippen LogP contribution in [-0.2, 0) is 16.4 Å². The summed E-state index contributed by atoms with van der Waals surface area (Å²) in [6.07, 6.45) is 5.35. The molecule has 9 heteroatoms. The number of rotatable bonds is 4. The molecule has 3 aromatic rings. The van der Waals surface area contributed by atoms with Gasteiger partial charge in [-0.25, -0.2) is 17.8 Å². The van der Waals surface area contributed by atoms with Crippen LogP contribution in [0.3, 0.4) is 0 Å². The molecule has 0 bridgehead atoms. The fourth-order valence-corrected chi connectivity index (χ4v) is 2.48. The minimum Gasteiger partial charge on any atom is -0.467 e. The summed E-state index contributed by atoms with van der Waals surface area (Å²) in [7, 11) is -3.41. The van der Waals surface area contributed by atoms with Crippen LogP contribution in [-0.4, -0.2) is 34.3 Å². The van der Waals surface area contributed by atoms with Gasteiger partial charge in [0.2, 0.25) is 5.95 Å². The molecule has 3 aromatic heterocycles. The van der Waals surface area contributed by atoms with E-state index in [9.17, 15) is 8.42 Å². The lowest BCUT2D eigenvalue weighted by molar-refractivity contribution is 0.517. The van der Waals surface area contributed by atoms with E-state index in [0.717, 1.165) is 12.0 Å². The van der Waals surface area contributed by atoms with Crippen LogP contribution in [0.25, 0.3) is 5.65 Å². The molecule has 0 aliphatic heterocycles. The lowest BCUT2D eigenvalue weighted by atomic mass is 10.4. The van der Waals surface area contributed by atoms with Crippen molar-refractivity contribution in [1.29, 1.82) is 0 Å². The molecule has 0 amide bonds. The van der Waals surface area contributed by atoms with Crippen LogP contribution in [0.1, 0.15) is 5.76 Å². The Balaban J connectivity index is 1.99. The Bertz CT molecular complexity index is 838. The molecule has 104 valence electrons. The van der Waals surface area contributed by atoms with Crippen LogP contribution in [0.5, 0.6) is 0 Å². The smallest absolute Gasteiger partial charge is 0.210 e. The molecule has 20 heavy (non-hydrogen) atoms. The van der Waals surface area contributed by atoms with Crippen molar-refractivity contribution in [3.8, 4) is 0 Å². The number of nitrogens with zero attached hydrogens (tertiary/aromatic N) is 4. The Labute approximate surface area is 114 Å². The molecule has 0 fully saturated rings. The molecule has 3 heterocycles. The monoisotopic (exact) mass is 293 g/mol. The Kier molecular flexibility index (Phi) is 2.90. The van der Waals surface area contributed by atoms with Gasteiger partial charge < -0.3 is 9.73 Å². The zero-order chi connectivity index (χ0) is 14.2. The molecule has 8 nitrogen and oxygen atoms in total. The molecule has 1 N–H and O–H groups in total. The highest BCUT2D eigenvalue weighted by molar-refractivity contribution is 7.90. The summed E-state index contributed by atoms with van der Waals surface area (Å²) in [5.41, 5.74) is 0.240. The van der Waals surface area contributed by atoms with Crippen molar-refractivity contribution in [3.63, 3.8) is 0 Å². The predicted molar refractivity (Wildman–Crippen MR) is 69.9 cm³/mol. The van der Waals surface area contributed by atoms with E-state index in [1.807, 2.05) is 6.07 Å². The van der Waals surface area contributed by atoms with Crippen LogP contribution in [0.15, 0.2) is 40.2 Å². The lowest BCUT2D eigenvalue weighted by Gasteiger charge is -2.07. The quantitative estimate of drug-likeness (QED) is 0.756. The zero-order valence-electron chi connectivity index (χ0n) is 10.5. The van der Waals surface area contributed by atoms with E-state index in [0.29, 0.717) is 12.5 Å². The average Bonchev–Trinajstić information content (AvgIpc) is 3.05. The van der Waals surface area contributed by atoms with Crippen molar-refractivity contribution in [2.24, 2.45) is 0 Å². The van der Waals surface area contributed by atoms with Gasteiger partial charge in [-0.15, -0.1) is 10.2 Å². The molecule has 0 atom stereocenters. The van der Waals surface area contributed by atoms with Crippen LogP contribution in [0.2, 0.25) is 0 Å². The molecule has 0 radical (unpaired) electrons. The second-order valence-corrected chi connectivity index (χ2v) is 6.16. The third-order valence-corrected chi connectivity index (χ3v) is 3.79. The van der Waals surface area contributed by atoms with Crippen LogP contribution in [0.4, 0.5) is 5.95 Å². The summed E-state index contributed by atoms with van der Waals surface area (Å²) in [5.74, 6) is 1.18. The molecule has 0 aliphatic rings. The van der Waals surface area contributed by atoms with Gasteiger partial charge in [-0.2, -0.15) is 0 Å². The van der Waals surface area contributed by atoms with Crippen molar-refractivity contribution >= 4 is 21.4 Å². The van der Waals surface area contributed by atoms with E-state index in [1.165, 1.54) is 16.9 Å². The van der Waals surface area contributed by atoms with Crippen molar-refractivity contribution in [3.05, 3.63) is 36.7 Å². The third kappa shape index (κ3) is 2.23. The molecule has 0 saturated heterocycles.